The van der Waals surface area contributed by atoms with Gasteiger partial charge in [0.15, 0.2) is 0 Å². The van der Waals surface area contributed by atoms with Crippen molar-refractivity contribution in [1.82, 2.24) is 0 Å². The first-order chi connectivity index (χ1) is 6.52. The number of aliphatic hydroxyl groups excluding tert-OH is 1. The third-order valence-electron chi connectivity index (χ3n) is 1.22. The van der Waals surface area contributed by atoms with Gasteiger partial charge in [0.1, 0.15) is 0 Å². The fourth-order valence-electron chi connectivity index (χ4n) is 0.637. The van der Waals surface area contributed by atoms with Crippen molar-refractivity contribution in [2.75, 3.05) is 7.11 Å². The van der Waals surface area contributed by atoms with Gasteiger partial charge in [0.2, 0.25) is 0 Å². The molecule has 1 aromatic rings. The van der Waals surface area contributed by atoms with Crippen molar-refractivity contribution in [3.05, 3.63) is 35.4 Å². The highest BCUT2D eigenvalue weighted by Gasteiger charge is 1.79. The van der Waals surface area contributed by atoms with Crippen LogP contribution in [0.3, 0.4) is 0 Å². The van der Waals surface area contributed by atoms with Gasteiger partial charge >= 0.3 is 0 Å². The molecule has 0 radical (unpaired) electrons. The van der Waals surface area contributed by atoms with Crippen molar-refractivity contribution < 1.29 is 5.11 Å². The average Bonchev–Trinajstić information content (AvgIpc) is 2.13. The summed E-state index contributed by atoms with van der Waals surface area (Å²) in [5.41, 5.74) is 2.66. The minimum atomic E-state index is 0.833. The summed E-state index contributed by atoms with van der Waals surface area (Å²) < 4.78 is 0. The van der Waals surface area contributed by atoms with Gasteiger partial charge in [-0.3, -0.25) is 0 Å². The molecule has 0 aromatic heterocycles. The minimum absolute atomic E-state index is 0.833. The van der Waals surface area contributed by atoms with Gasteiger partial charge in [0, 0.05) is 7.11 Å². The molecular formula is C13H24O. The normalized spacial score (nSPS) is 8.29. The van der Waals surface area contributed by atoms with E-state index in [2.05, 4.69) is 58.9 Å². The summed E-state index contributed by atoms with van der Waals surface area (Å²) in [5.74, 6) is 0.833. The highest BCUT2D eigenvalue weighted by Crippen LogP contribution is 1.99. The lowest BCUT2D eigenvalue weighted by Gasteiger charge is -1.90. The molecule has 1 heteroatoms. The molecule has 0 aliphatic rings. The molecule has 0 amide bonds. The molecule has 1 nitrogen and oxygen atoms in total. The zero-order valence-corrected chi connectivity index (χ0v) is 10.3. The molecule has 0 spiro atoms. The Morgan fingerprint density at radius 2 is 0.929 bits per heavy atom. The second-order valence-electron chi connectivity index (χ2n) is 3.89. The summed E-state index contributed by atoms with van der Waals surface area (Å²) in [6.07, 6.45) is 0. The molecule has 0 aliphatic carbocycles. The van der Waals surface area contributed by atoms with Crippen molar-refractivity contribution in [2.45, 2.75) is 34.6 Å². The van der Waals surface area contributed by atoms with E-state index in [0.29, 0.717) is 0 Å². The van der Waals surface area contributed by atoms with E-state index in [9.17, 15) is 0 Å². The summed E-state index contributed by atoms with van der Waals surface area (Å²) in [7, 11) is 1.00. The second kappa shape index (κ2) is 10.3. The van der Waals surface area contributed by atoms with Crippen molar-refractivity contribution in [3.63, 3.8) is 0 Å². The Morgan fingerprint density at radius 3 is 1.07 bits per heavy atom. The van der Waals surface area contributed by atoms with Gasteiger partial charge in [-0.2, -0.15) is 0 Å². The maximum absolute atomic E-state index is 7.00. The van der Waals surface area contributed by atoms with E-state index in [4.69, 9.17) is 5.11 Å². The van der Waals surface area contributed by atoms with Crippen LogP contribution in [0.25, 0.3) is 0 Å². The smallest absolute Gasteiger partial charge is 0.0319 e. The van der Waals surface area contributed by atoms with Crippen molar-refractivity contribution in [2.24, 2.45) is 5.92 Å². The first-order valence-electron chi connectivity index (χ1n) is 5.00. The van der Waals surface area contributed by atoms with Gasteiger partial charge in [0.05, 0.1) is 0 Å². The number of aliphatic hydroxyl groups is 1. The Hall–Kier alpha value is -0.820. The van der Waals surface area contributed by atoms with Gasteiger partial charge in [-0.25, -0.2) is 0 Å². The molecule has 0 unspecified atom stereocenters. The summed E-state index contributed by atoms with van der Waals surface area (Å²) >= 11 is 0. The molecule has 1 aromatic carbocycles. The van der Waals surface area contributed by atoms with Crippen LogP contribution in [0.1, 0.15) is 31.9 Å². The maximum atomic E-state index is 7.00. The van der Waals surface area contributed by atoms with Crippen LogP contribution >= 0.6 is 0 Å². The van der Waals surface area contributed by atoms with Crippen LogP contribution in [0.15, 0.2) is 24.3 Å². The Balaban J connectivity index is 0. The molecule has 1 N–H and O–H groups in total. The molecule has 0 aliphatic heterocycles. The molecular weight excluding hydrogens is 172 g/mol. The second-order valence-corrected chi connectivity index (χ2v) is 3.89. The summed E-state index contributed by atoms with van der Waals surface area (Å²) in [4.78, 5) is 0. The highest BCUT2D eigenvalue weighted by molar-refractivity contribution is 5.19. The molecule has 0 saturated carbocycles. The molecule has 0 atom stereocenters. The van der Waals surface area contributed by atoms with Crippen LogP contribution in [-0.2, 0) is 0 Å². The van der Waals surface area contributed by atoms with E-state index >= 15 is 0 Å². The fraction of sp³-hybridized carbons (Fsp3) is 0.538. The van der Waals surface area contributed by atoms with Crippen LogP contribution in [0.2, 0.25) is 0 Å². The zero-order valence-electron chi connectivity index (χ0n) is 10.3. The van der Waals surface area contributed by atoms with Gasteiger partial charge in [-0.05, 0) is 19.8 Å². The number of hydrogen-bond acceptors (Lipinski definition) is 1. The van der Waals surface area contributed by atoms with E-state index in [0.717, 1.165) is 13.0 Å². The van der Waals surface area contributed by atoms with Crippen LogP contribution < -0.4 is 0 Å². The van der Waals surface area contributed by atoms with Gasteiger partial charge in [-0.15, -0.1) is 0 Å². The Kier molecular flexibility index (Phi) is 11.5. The van der Waals surface area contributed by atoms with Crippen LogP contribution in [0, 0.1) is 19.8 Å². The highest BCUT2D eigenvalue weighted by atomic mass is 16.2. The van der Waals surface area contributed by atoms with Gasteiger partial charge in [0.25, 0.3) is 0 Å². The van der Waals surface area contributed by atoms with E-state index in [1.807, 2.05) is 0 Å². The lowest BCUT2D eigenvalue weighted by Crippen LogP contribution is -1.70. The Morgan fingerprint density at radius 1 is 0.786 bits per heavy atom. The van der Waals surface area contributed by atoms with E-state index in [1.165, 1.54) is 11.1 Å². The number of benzene rings is 1. The van der Waals surface area contributed by atoms with Crippen LogP contribution in [-0.4, -0.2) is 12.2 Å². The monoisotopic (exact) mass is 196 g/mol. The molecule has 0 heterocycles. The van der Waals surface area contributed by atoms with Gasteiger partial charge < -0.3 is 5.11 Å². The molecule has 14 heavy (non-hydrogen) atoms. The quantitative estimate of drug-likeness (QED) is 0.672. The number of aryl methyl sites for hydroxylation is 2. The summed E-state index contributed by atoms with van der Waals surface area (Å²) in [5, 5.41) is 7.00. The summed E-state index contributed by atoms with van der Waals surface area (Å²) in [6, 6.07) is 8.48. The SMILES string of the molecule is CC(C)C.CO.Cc1ccc(C)cc1. The zero-order chi connectivity index (χ0) is 11.6. The lowest BCUT2D eigenvalue weighted by atomic mass is 10.2. The van der Waals surface area contributed by atoms with Crippen molar-refractivity contribution in [3.8, 4) is 0 Å². The third-order valence-corrected chi connectivity index (χ3v) is 1.22. The first kappa shape index (κ1) is 15.6. The molecule has 0 saturated heterocycles. The number of rotatable bonds is 0. The van der Waals surface area contributed by atoms with Crippen molar-refractivity contribution >= 4 is 0 Å². The minimum Gasteiger partial charge on any atom is -0.400 e. The Bertz CT molecular complexity index is 175. The molecule has 0 bridgehead atoms. The third kappa shape index (κ3) is 13.7. The van der Waals surface area contributed by atoms with Crippen molar-refractivity contribution in [1.29, 1.82) is 0 Å². The first-order valence-corrected chi connectivity index (χ1v) is 5.00. The molecule has 1 rings (SSSR count). The van der Waals surface area contributed by atoms with Gasteiger partial charge in [-0.1, -0.05) is 56.2 Å². The predicted octanol–water partition coefficient (Wildman–Crippen LogP) is 3.57. The molecule has 82 valence electrons. The summed E-state index contributed by atoms with van der Waals surface area (Å²) in [6.45, 7) is 10.7. The average molecular weight is 196 g/mol. The largest absolute Gasteiger partial charge is 0.400 e. The number of hydrogen-bond donors (Lipinski definition) is 1. The topological polar surface area (TPSA) is 20.2 Å². The van der Waals surface area contributed by atoms with Crippen LogP contribution in [0.5, 0.6) is 0 Å². The Labute approximate surface area is 88.8 Å². The van der Waals surface area contributed by atoms with E-state index in [1.54, 1.807) is 0 Å². The van der Waals surface area contributed by atoms with Crippen LogP contribution in [0.4, 0.5) is 0 Å². The lowest BCUT2D eigenvalue weighted by molar-refractivity contribution is 0.399. The predicted molar refractivity (Wildman–Crippen MR) is 64.6 cm³/mol. The maximum Gasteiger partial charge on any atom is 0.0319 e. The van der Waals surface area contributed by atoms with E-state index in [-0.39, 0.29) is 0 Å². The standard InChI is InChI=1S/C8H10.C4H10.CH4O/c1-7-3-5-8(2)6-4-7;1-4(2)3;1-2/h3-6H,1-2H3;4H,1-3H3;2H,1H3. The van der Waals surface area contributed by atoms with E-state index < -0.39 is 0 Å². The fourth-order valence-corrected chi connectivity index (χ4v) is 0.637. The molecule has 0 fully saturated rings.